The molecular formula is C14H13Cl2NO2. The van der Waals surface area contributed by atoms with Crippen molar-refractivity contribution in [2.75, 3.05) is 0 Å². The molecule has 0 unspecified atom stereocenters. The van der Waals surface area contributed by atoms with E-state index in [1.165, 1.54) is 0 Å². The van der Waals surface area contributed by atoms with Crippen molar-refractivity contribution in [2.45, 2.75) is 19.9 Å². The lowest BCUT2D eigenvalue weighted by atomic mass is 10.1. The van der Waals surface area contributed by atoms with E-state index in [-0.39, 0.29) is 5.69 Å². The largest absolute Gasteiger partial charge is 0.477 e. The summed E-state index contributed by atoms with van der Waals surface area (Å²) in [5, 5.41) is 10.1. The zero-order valence-electron chi connectivity index (χ0n) is 10.4. The molecule has 2 rings (SSSR count). The normalized spacial score (nSPS) is 10.7. The van der Waals surface area contributed by atoms with E-state index in [9.17, 15) is 9.90 Å². The van der Waals surface area contributed by atoms with Crippen LogP contribution in [0.25, 0.3) is 11.3 Å². The van der Waals surface area contributed by atoms with E-state index in [0.29, 0.717) is 16.6 Å². The lowest BCUT2D eigenvalue weighted by molar-refractivity contribution is 0.0685. The number of halogens is 2. The zero-order chi connectivity index (χ0) is 14.0. The van der Waals surface area contributed by atoms with Crippen LogP contribution in [0, 0.1) is 0 Å². The maximum atomic E-state index is 11.2. The first-order chi connectivity index (χ1) is 9.06. The van der Waals surface area contributed by atoms with Crippen molar-refractivity contribution in [1.29, 1.82) is 0 Å². The second-order valence-electron chi connectivity index (χ2n) is 4.16. The average molecular weight is 298 g/mol. The van der Waals surface area contributed by atoms with Crippen LogP contribution < -0.4 is 0 Å². The first kappa shape index (κ1) is 14.0. The predicted octanol–water partition coefficient (Wildman–Crippen LogP) is 4.57. The fourth-order valence-electron chi connectivity index (χ4n) is 2.06. The van der Waals surface area contributed by atoms with Crippen molar-refractivity contribution in [3.05, 3.63) is 46.1 Å². The Hall–Kier alpha value is -1.45. The number of carboxylic acid groups (broad SMARTS) is 1. The first-order valence-electron chi connectivity index (χ1n) is 5.93. The van der Waals surface area contributed by atoms with Gasteiger partial charge >= 0.3 is 5.97 Å². The van der Waals surface area contributed by atoms with Crippen LogP contribution in [0.2, 0.25) is 10.0 Å². The standard InChI is InChI=1S/C14H13Cl2NO2/c1-2-8-17-11(6-7-12(17)14(18)19)9-4-3-5-10(15)13(9)16/h3-7H,2,8H2,1H3,(H,18,19). The van der Waals surface area contributed by atoms with E-state index in [1.807, 2.05) is 13.0 Å². The number of hydrogen-bond acceptors (Lipinski definition) is 1. The summed E-state index contributed by atoms with van der Waals surface area (Å²) in [5.74, 6) is -0.946. The van der Waals surface area contributed by atoms with Gasteiger partial charge in [0, 0.05) is 12.1 Å². The second kappa shape index (κ2) is 5.68. The molecular weight excluding hydrogens is 285 g/mol. The highest BCUT2D eigenvalue weighted by Gasteiger charge is 2.17. The van der Waals surface area contributed by atoms with Crippen molar-refractivity contribution in [3.63, 3.8) is 0 Å². The molecule has 0 aliphatic heterocycles. The van der Waals surface area contributed by atoms with E-state index in [2.05, 4.69) is 0 Å². The third kappa shape index (κ3) is 2.62. The van der Waals surface area contributed by atoms with Crippen molar-refractivity contribution in [3.8, 4) is 11.3 Å². The summed E-state index contributed by atoms with van der Waals surface area (Å²) in [7, 11) is 0. The Morgan fingerprint density at radius 2 is 2.00 bits per heavy atom. The Morgan fingerprint density at radius 1 is 1.26 bits per heavy atom. The molecule has 0 aliphatic carbocycles. The van der Waals surface area contributed by atoms with Crippen LogP contribution in [-0.4, -0.2) is 15.6 Å². The molecule has 0 bridgehead atoms. The van der Waals surface area contributed by atoms with Crippen molar-refractivity contribution in [1.82, 2.24) is 4.57 Å². The van der Waals surface area contributed by atoms with Gasteiger partial charge in [0.15, 0.2) is 0 Å². The molecule has 1 heterocycles. The molecule has 0 radical (unpaired) electrons. The quantitative estimate of drug-likeness (QED) is 0.898. The highest BCUT2D eigenvalue weighted by molar-refractivity contribution is 6.43. The van der Waals surface area contributed by atoms with E-state index >= 15 is 0 Å². The monoisotopic (exact) mass is 297 g/mol. The van der Waals surface area contributed by atoms with Gasteiger partial charge in [0.1, 0.15) is 5.69 Å². The van der Waals surface area contributed by atoms with E-state index in [0.717, 1.165) is 17.7 Å². The minimum Gasteiger partial charge on any atom is -0.477 e. The lowest BCUT2D eigenvalue weighted by Crippen LogP contribution is -2.09. The van der Waals surface area contributed by atoms with Crippen LogP contribution in [0.15, 0.2) is 30.3 Å². The Kier molecular flexibility index (Phi) is 4.17. The van der Waals surface area contributed by atoms with Crippen molar-refractivity contribution >= 4 is 29.2 Å². The van der Waals surface area contributed by atoms with Gasteiger partial charge < -0.3 is 9.67 Å². The van der Waals surface area contributed by atoms with Gasteiger partial charge in [-0.15, -0.1) is 0 Å². The minimum absolute atomic E-state index is 0.257. The average Bonchev–Trinajstić information content (AvgIpc) is 2.77. The lowest BCUT2D eigenvalue weighted by Gasteiger charge is -2.12. The highest BCUT2D eigenvalue weighted by Crippen LogP contribution is 2.34. The van der Waals surface area contributed by atoms with Crippen molar-refractivity contribution in [2.24, 2.45) is 0 Å². The smallest absolute Gasteiger partial charge is 0.352 e. The summed E-state index contributed by atoms with van der Waals surface area (Å²) in [6.07, 6.45) is 0.833. The molecule has 100 valence electrons. The number of hydrogen-bond donors (Lipinski definition) is 1. The van der Waals surface area contributed by atoms with Gasteiger partial charge in [-0.05, 0) is 24.6 Å². The molecule has 5 heteroatoms. The molecule has 0 aliphatic rings. The molecule has 1 N–H and O–H groups in total. The maximum Gasteiger partial charge on any atom is 0.352 e. The summed E-state index contributed by atoms with van der Waals surface area (Å²) in [6, 6.07) is 8.69. The second-order valence-corrected chi connectivity index (χ2v) is 4.95. The molecule has 1 aromatic heterocycles. The number of aromatic nitrogens is 1. The molecule has 19 heavy (non-hydrogen) atoms. The van der Waals surface area contributed by atoms with Gasteiger partial charge in [0.2, 0.25) is 0 Å². The molecule has 0 atom stereocenters. The fraction of sp³-hybridized carbons (Fsp3) is 0.214. The summed E-state index contributed by atoms with van der Waals surface area (Å²) in [5.41, 5.74) is 1.77. The van der Waals surface area contributed by atoms with E-state index in [4.69, 9.17) is 23.2 Å². The molecule has 0 saturated carbocycles. The number of nitrogens with zero attached hydrogens (tertiary/aromatic N) is 1. The van der Waals surface area contributed by atoms with Gasteiger partial charge in [-0.25, -0.2) is 4.79 Å². The van der Waals surface area contributed by atoms with Crippen LogP contribution in [0.4, 0.5) is 0 Å². The van der Waals surface area contributed by atoms with Crippen LogP contribution in [0.5, 0.6) is 0 Å². The number of benzene rings is 1. The number of carbonyl (C=O) groups is 1. The molecule has 0 amide bonds. The number of carboxylic acids is 1. The van der Waals surface area contributed by atoms with Crippen molar-refractivity contribution < 1.29 is 9.90 Å². The molecule has 0 spiro atoms. The minimum atomic E-state index is -0.946. The SMILES string of the molecule is CCCn1c(C(=O)O)ccc1-c1cccc(Cl)c1Cl. The summed E-state index contributed by atoms with van der Waals surface area (Å²) in [4.78, 5) is 11.2. The van der Waals surface area contributed by atoms with E-state index in [1.54, 1.807) is 28.8 Å². The molecule has 0 saturated heterocycles. The van der Waals surface area contributed by atoms with E-state index < -0.39 is 5.97 Å². The third-order valence-electron chi connectivity index (χ3n) is 2.87. The van der Waals surface area contributed by atoms with Gasteiger partial charge in [-0.3, -0.25) is 0 Å². The van der Waals surface area contributed by atoms with Gasteiger partial charge in [-0.2, -0.15) is 0 Å². The maximum absolute atomic E-state index is 11.2. The van der Waals surface area contributed by atoms with Gasteiger partial charge in [0.25, 0.3) is 0 Å². The van der Waals surface area contributed by atoms with Crippen LogP contribution in [0.3, 0.4) is 0 Å². The van der Waals surface area contributed by atoms with Crippen LogP contribution in [0.1, 0.15) is 23.8 Å². The van der Waals surface area contributed by atoms with Crippen LogP contribution >= 0.6 is 23.2 Å². The Labute approximate surface area is 121 Å². The summed E-state index contributed by atoms with van der Waals surface area (Å²) in [6.45, 7) is 2.61. The Balaban J connectivity index is 2.62. The predicted molar refractivity (Wildman–Crippen MR) is 77.1 cm³/mol. The zero-order valence-corrected chi connectivity index (χ0v) is 11.9. The highest BCUT2D eigenvalue weighted by atomic mass is 35.5. The molecule has 3 nitrogen and oxygen atoms in total. The Bertz CT molecular complexity index is 620. The topological polar surface area (TPSA) is 42.2 Å². The third-order valence-corrected chi connectivity index (χ3v) is 3.69. The first-order valence-corrected chi connectivity index (χ1v) is 6.69. The molecule has 2 aromatic rings. The summed E-state index contributed by atoms with van der Waals surface area (Å²) < 4.78 is 1.75. The van der Waals surface area contributed by atoms with Gasteiger partial charge in [-0.1, -0.05) is 42.3 Å². The Morgan fingerprint density at radius 3 is 2.63 bits per heavy atom. The number of aromatic carboxylic acids is 1. The van der Waals surface area contributed by atoms with Crippen LogP contribution in [-0.2, 0) is 6.54 Å². The fourth-order valence-corrected chi connectivity index (χ4v) is 2.45. The van der Waals surface area contributed by atoms with Gasteiger partial charge in [0.05, 0.1) is 15.7 Å². The molecule has 0 fully saturated rings. The number of rotatable bonds is 4. The molecule has 1 aromatic carbocycles. The summed E-state index contributed by atoms with van der Waals surface area (Å²) >= 11 is 12.2.